The Labute approximate surface area is 298 Å². The van der Waals surface area contributed by atoms with E-state index < -0.39 is 0 Å². The number of nitrogens with zero attached hydrogens (tertiary/aromatic N) is 1. The van der Waals surface area contributed by atoms with Gasteiger partial charge >= 0.3 is 0 Å². The minimum atomic E-state index is 0.871. The molecule has 9 rings (SSSR count). The van der Waals surface area contributed by atoms with Crippen molar-refractivity contribution in [1.82, 2.24) is 0 Å². The van der Waals surface area contributed by atoms with E-state index in [2.05, 4.69) is 194 Å². The van der Waals surface area contributed by atoms with Gasteiger partial charge in [-0.05, 0) is 99.5 Å². The highest BCUT2D eigenvalue weighted by Crippen LogP contribution is 2.44. The third-order valence-corrected chi connectivity index (χ3v) is 9.87. The minimum absolute atomic E-state index is 0.871. The van der Waals surface area contributed by atoms with E-state index in [1.807, 2.05) is 12.1 Å². The maximum atomic E-state index is 6.36. The number of anilines is 3. The van der Waals surface area contributed by atoms with Gasteiger partial charge in [-0.3, -0.25) is 0 Å². The van der Waals surface area contributed by atoms with E-state index >= 15 is 0 Å². The molecule has 0 radical (unpaired) electrons. The van der Waals surface area contributed by atoms with Crippen molar-refractivity contribution in [2.24, 2.45) is 0 Å². The van der Waals surface area contributed by atoms with Gasteiger partial charge in [0.15, 0.2) is 0 Å². The lowest BCUT2D eigenvalue weighted by atomic mass is 9.92. The lowest BCUT2D eigenvalue weighted by Gasteiger charge is -2.27. The Bertz CT molecular complexity index is 2630. The number of hydrogen-bond acceptors (Lipinski definition) is 2. The average Bonchev–Trinajstić information content (AvgIpc) is 3.59. The van der Waals surface area contributed by atoms with Crippen molar-refractivity contribution < 1.29 is 4.42 Å². The highest BCUT2D eigenvalue weighted by Gasteiger charge is 2.20. The lowest BCUT2D eigenvalue weighted by Crippen LogP contribution is -2.10. The molecule has 0 N–H and O–H groups in total. The topological polar surface area (TPSA) is 16.4 Å². The van der Waals surface area contributed by atoms with Crippen LogP contribution in [-0.4, -0.2) is 0 Å². The second-order valence-corrected chi connectivity index (χ2v) is 12.9. The standard InChI is InChI=1S/C49H35NO/c1-34-14-5-6-17-40(34)44-21-10-9-20-43(44)37-28-32-39(33-29-37)50(46-23-13-25-48-49(46)45-22-11-12-24-47(45)51-48)38-30-26-36(27-31-38)42-19-8-7-18-41(42)35-15-3-2-4-16-35/h2-33H,1H3. The van der Waals surface area contributed by atoms with Crippen LogP contribution in [0.2, 0.25) is 0 Å². The summed E-state index contributed by atoms with van der Waals surface area (Å²) in [6.45, 7) is 2.18. The molecule has 0 spiro atoms. The maximum absolute atomic E-state index is 6.36. The van der Waals surface area contributed by atoms with E-state index in [0.717, 1.165) is 39.0 Å². The Balaban J connectivity index is 1.18. The summed E-state index contributed by atoms with van der Waals surface area (Å²) < 4.78 is 6.36. The predicted octanol–water partition coefficient (Wildman–Crippen LogP) is 14.0. The van der Waals surface area contributed by atoms with Gasteiger partial charge in [0.1, 0.15) is 11.2 Å². The number of aryl methyl sites for hydroxylation is 1. The summed E-state index contributed by atoms with van der Waals surface area (Å²) in [4.78, 5) is 2.36. The quantitative estimate of drug-likeness (QED) is 0.170. The second-order valence-electron chi connectivity index (χ2n) is 12.9. The summed E-state index contributed by atoms with van der Waals surface area (Å²) in [7, 11) is 0. The Kier molecular flexibility index (Phi) is 7.75. The zero-order valence-electron chi connectivity index (χ0n) is 28.3. The van der Waals surface area contributed by atoms with Gasteiger partial charge in [0.05, 0.1) is 11.1 Å². The van der Waals surface area contributed by atoms with Crippen LogP contribution in [0.4, 0.5) is 17.1 Å². The van der Waals surface area contributed by atoms with Gasteiger partial charge in [-0.25, -0.2) is 0 Å². The van der Waals surface area contributed by atoms with Crippen LogP contribution >= 0.6 is 0 Å². The smallest absolute Gasteiger partial charge is 0.137 e. The van der Waals surface area contributed by atoms with Crippen molar-refractivity contribution in [3.05, 3.63) is 200 Å². The molecule has 0 amide bonds. The molecule has 8 aromatic carbocycles. The summed E-state index contributed by atoms with van der Waals surface area (Å²) in [5.41, 5.74) is 15.9. The Morgan fingerprint density at radius 2 is 0.824 bits per heavy atom. The van der Waals surface area contributed by atoms with Crippen LogP contribution in [0.3, 0.4) is 0 Å². The first-order valence-corrected chi connectivity index (χ1v) is 17.4. The minimum Gasteiger partial charge on any atom is -0.456 e. The largest absolute Gasteiger partial charge is 0.456 e. The van der Waals surface area contributed by atoms with Crippen molar-refractivity contribution in [2.45, 2.75) is 6.92 Å². The fraction of sp³-hybridized carbons (Fsp3) is 0.0204. The normalized spacial score (nSPS) is 11.2. The van der Waals surface area contributed by atoms with E-state index in [-0.39, 0.29) is 0 Å². The van der Waals surface area contributed by atoms with Crippen LogP contribution in [0.1, 0.15) is 5.56 Å². The number of hydrogen-bond donors (Lipinski definition) is 0. The van der Waals surface area contributed by atoms with Gasteiger partial charge in [0.25, 0.3) is 0 Å². The van der Waals surface area contributed by atoms with Crippen molar-refractivity contribution >= 4 is 39.0 Å². The molecule has 0 fully saturated rings. The van der Waals surface area contributed by atoms with Crippen LogP contribution in [-0.2, 0) is 0 Å². The molecule has 2 heteroatoms. The van der Waals surface area contributed by atoms with E-state index in [1.165, 1.54) is 50.1 Å². The first-order valence-electron chi connectivity index (χ1n) is 17.4. The average molecular weight is 654 g/mol. The Morgan fingerprint density at radius 3 is 1.45 bits per heavy atom. The number of furan rings is 1. The number of para-hydroxylation sites is 1. The summed E-state index contributed by atoms with van der Waals surface area (Å²) >= 11 is 0. The second kappa shape index (κ2) is 13.0. The molecule has 0 saturated carbocycles. The Hall–Kier alpha value is -6.64. The SMILES string of the molecule is Cc1ccccc1-c1ccccc1-c1ccc(N(c2ccc(-c3ccccc3-c3ccccc3)cc2)c2cccc3oc4ccccc4c23)cc1. The first-order chi connectivity index (χ1) is 25.2. The molecule has 0 unspecified atom stereocenters. The van der Waals surface area contributed by atoms with Crippen LogP contribution in [0.5, 0.6) is 0 Å². The number of fused-ring (bicyclic) bond motifs is 3. The van der Waals surface area contributed by atoms with Gasteiger partial charge in [-0.15, -0.1) is 0 Å². The third-order valence-electron chi connectivity index (χ3n) is 9.87. The molecule has 51 heavy (non-hydrogen) atoms. The molecule has 0 aliphatic heterocycles. The van der Waals surface area contributed by atoms with E-state index in [9.17, 15) is 0 Å². The fourth-order valence-electron chi connectivity index (χ4n) is 7.40. The van der Waals surface area contributed by atoms with Crippen LogP contribution in [0, 0.1) is 6.92 Å². The number of benzene rings is 8. The van der Waals surface area contributed by atoms with Crippen molar-refractivity contribution in [2.75, 3.05) is 4.90 Å². The summed E-state index contributed by atoms with van der Waals surface area (Å²) in [5, 5.41) is 2.20. The molecule has 0 aliphatic carbocycles. The monoisotopic (exact) mass is 653 g/mol. The van der Waals surface area contributed by atoms with Gasteiger partial charge in [-0.2, -0.15) is 0 Å². The van der Waals surface area contributed by atoms with E-state index in [4.69, 9.17) is 4.42 Å². The molecule has 0 aliphatic rings. The fourth-order valence-corrected chi connectivity index (χ4v) is 7.40. The van der Waals surface area contributed by atoms with E-state index in [0.29, 0.717) is 0 Å². The molecule has 0 atom stereocenters. The zero-order chi connectivity index (χ0) is 34.1. The van der Waals surface area contributed by atoms with Crippen molar-refractivity contribution in [3.63, 3.8) is 0 Å². The molecule has 2 nitrogen and oxygen atoms in total. The van der Waals surface area contributed by atoms with Gasteiger partial charge < -0.3 is 9.32 Å². The van der Waals surface area contributed by atoms with Gasteiger partial charge in [0.2, 0.25) is 0 Å². The predicted molar refractivity (Wildman–Crippen MR) is 215 cm³/mol. The summed E-state index contributed by atoms with van der Waals surface area (Å²) in [6, 6.07) is 69.1. The van der Waals surface area contributed by atoms with Crippen LogP contribution < -0.4 is 4.90 Å². The maximum Gasteiger partial charge on any atom is 0.137 e. The third kappa shape index (κ3) is 5.57. The zero-order valence-corrected chi connectivity index (χ0v) is 28.3. The summed E-state index contributed by atoms with van der Waals surface area (Å²) in [6.07, 6.45) is 0. The molecule has 1 aromatic heterocycles. The Morgan fingerprint density at radius 1 is 0.353 bits per heavy atom. The lowest BCUT2D eigenvalue weighted by molar-refractivity contribution is 0.669. The highest BCUT2D eigenvalue weighted by molar-refractivity contribution is 6.13. The van der Waals surface area contributed by atoms with Gasteiger partial charge in [-0.1, -0.05) is 152 Å². The molecule has 9 aromatic rings. The molecule has 1 heterocycles. The van der Waals surface area contributed by atoms with Crippen molar-refractivity contribution in [3.8, 4) is 44.5 Å². The molecular weight excluding hydrogens is 619 g/mol. The molecular formula is C49H35NO. The molecule has 242 valence electrons. The van der Waals surface area contributed by atoms with E-state index in [1.54, 1.807) is 0 Å². The highest BCUT2D eigenvalue weighted by atomic mass is 16.3. The van der Waals surface area contributed by atoms with Crippen LogP contribution in [0.15, 0.2) is 199 Å². The molecule has 0 bridgehead atoms. The first kappa shape index (κ1) is 30.4. The molecule has 0 saturated heterocycles. The van der Waals surface area contributed by atoms with Crippen molar-refractivity contribution in [1.29, 1.82) is 0 Å². The van der Waals surface area contributed by atoms with Gasteiger partial charge in [0, 0.05) is 16.8 Å². The van der Waals surface area contributed by atoms with Crippen LogP contribution in [0.25, 0.3) is 66.4 Å². The summed E-state index contributed by atoms with van der Waals surface area (Å²) in [5.74, 6) is 0. The number of rotatable bonds is 7.